The summed E-state index contributed by atoms with van der Waals surface area (Å²) in [5, 5.41) is 3.13. The normalized spacial score (nSPS) is 10.3. The molecule has 3 N–H and O–H groups in total. The maximum atomic E-state index is 11.2. The van der Waals surface area contributed by atoms with Crippen LogP contribution in [0.5, 0.6) is 5.75 Å². The molecule has 5 nitrogen and oxygen atoms in total. The smallest absolute Gasteiger partial charge is 0.307 e. The lowest BCUT2D eigenvalue weighted by Crippen LogP contribution is -2.12. The summed E-state index contributed by atoms with van der Waals surface area (Å²) in [6.07, 6.45) is 0.414. The maximum absolute atomic E-state index is 11.2. The SMILES string of the molecule is CCOC(=O)CCNc1cc(N)cc(OC(C)C)c1. The van der Waals surface area contributed by atoms with Gasteiger partial charge in [0.2, 0.25) is 0 Å². The molecule has 19 heavy (non-hydrogen) atoms. The van der Waals surface area contributed by atoms with E-state index in [2.05, 4.69) is 5.32 Å². The highest BCUT2D eigenvalue weighted by molar-refractivity contribution is 5.70. The molecule has 0 fully saturated rings. The number of nitrogens with one attached hydrogen (secondary N) is 1. The first-order chi connectivity index (χ1) is 9.01. The molecule has 106 valence electrons. The Morgan fingerprint density at radius 2 is 2.11 bits per heavy atom. The van der Waals surface area contributed by atoms with Gasteiger partial charge in [0.25, 0.3) is 0 Å². The van der Waals surface area contributed by atoms with Crippen molar-refractivity contribution in [3.63, 3.8) is 0 Å². The van der Waals surface area contributed by atoms with Crippen LogP contribution in [0.1, 0.15) is 27.2 Å². The molecule has 0 aliphatic carbocycles. The third-order valence-corrected chi connectivity index (χ3v) is 2.26. The third kappa shape index (κ3) is 5.99. The van der Waals surface area contributed by atoms with E-state index in [4.69, 9.17) is 15.2 Å². The van der Waals surface area contributed by atoms with E-state index < -0.39 is 0 Å². The van der Waals surface area contributed by atoms with E-state index in [9.17, 15) is 4.79 Å². The minimum atomic E-state index is -0.211. The average molecular weight is 266 g/mol. The van der Waals surface area contributed by atoms with Crippen LogP contribution in [0.25, 0.3) is 0 Å². The van der Waals surface area contributed by atoms with Crippen LogP contribution in [0.4, 0.5) is 11.4 Å². The number of rotatable bonds is 7. The highest BCUT2D eigenvalue weighted by Crippen LogP contribution is 2.23. The lowest BCUT2D eigenvalue weighted by Gasteiger charge is -2.13. The van der Waals surface area contributed by atoms with Gasteiger partial charge in [0.1, 0.15) is 5.75 Å². The van der Waals surface area contributed by atoms with Gasteiger partial charge in [0, 0.05) is 30.1 Å². The van der Waals surface area contributed by atoms with Crippen LogP contribution in [0.3, 0.4) is 0 Å². The molecule has 0 amide bonds. The summed E-state index contributed by atoms with van der Waals surface area (Å²) in [6, 6.07) is 5.44. The highest BCUT2D eigenvalue weighted by Gasteiger charge is 2.04. The zero-order valence-electron chi connectivity index (χ0n) is 11.7. The zero-order valence-corrected chi connectivity index (χ0v) is 11.7. The van der Waals surface area contributed by atoms with E-state index in [1.54, 1.807) is 19.1 Å². The average Bonchev–Trinajstić information content (AvgIpc) is 2.27. The number of hydrogen-bond donors (Lipinski definition) is 2. The van der Waals surface area contributed by atoms with Crippen LogP contribution in [-0.4, -0.2) is 25.2 Å². The Kier molecular flexibility index (Phi) is 5.99. The Morgan fingerprint density at radius 3 is 2.74 bits per heavy atom. The van der Waals surface area contributed by atoms with Crippen molar-refractivity contribution in [3.8, 4) is 5.75 Å². The molecule has 0 atom stereocenters. The number of nitrogen functional groups attached to an aromatic ring is 1. The molecule has 0 heterocycles. The predicted octanol–water partition coefficient (Wildman–Crippen LogP) is 2.42. The molecule has 1 rings (SSSR count). The Bertz CT molecular complexity index is 419. The lowest BCUT2D eigenvalue weighted by atomic mass is 10.2. The van der Waals surface area contributed by atoms with Crippen LogP contribution < -0.4 is 15.8 Å². The summed E-state index contributed by atoms with van der Waals surface area (Å²) >= 11 is 0. The number of benzene rings is 1. The van der Waals surface area contributed by atoms with E-state index in [1.807, 2.05) is 19.9 Å². The lowest BCUT2D eigenvalue weighted by molar-refractivity contribution is -0.142. The van der Waals surface area contributed by atoms with Gasteiger partial charge in [-0.05, 0) is 26.8 Å². The van der Waals surface area contributed by atoms with Crippen molar-refractivity contribution in [1.29, 1.82) is 0 Å². The van der Waals surface area contributed by atoms with Crippen molar-refractivity contribution in [3.05, 3.63) is 18.2 Å². The van der Waals surface area contributed by atoms with Crippen molar-refractivity contribution in [2.24, 2.45) is 0 Å². The predicted molar refractivity (Wildman–Crippen MR) is 76.4 cm³/mol. The standard InChI is InChI=1S/C14H22N2O3/c1-4-18-14(17)5-6-16-12-7-11(15)8-13(9-12)19-10(2)3/h7-10,16H,4-6,15H2,1-3H3. The molecule has 1 aromatic rings. The minimum absolute atomic E-state index is 0.0918. The first kappa shape index (κ1) is 15.1. The molecule has 0 bridgehead atoms. The van der Waals surface area contributed by atoms with Crippen LogP contribution in [-0.2, 0) is 9.53 Å². The van der Waals surface area contributed by atoms with Crippen LogP contribution in [0.2, 0.25) is 0 Å². The first-order valence-corrected chi connectivity index (χ1v) is 6.48. The number of nitrogens with two attached hydrogens (primary N) is 1. The molecule has 0 radical (unpaired) electrons. The van der Waals surface area contributed by atoms with E-state index in [0.717, 1.165) is 5.69 Å². The fourth-order valence-corrected chi connectivity index (χ4v) is 1.61. The summed E-state index contributed by atoms with van der Waals surface area (Å²) < 4.78 is 10.4. The van der Waals surface area contributed by atoms with Crippen molar-refractivity contribution in [2.45, 2.75) is 33.3 Å². The first-order valence-electron chi connectivity index (χ1n) is 6.48. The second kappa shape index (κ2) is 7.51. The number of ether oxygens (including phenoxy) is 2. The van der Waals surface area contributed by atoms with E-state index in [0.29, 0.717) is 31.0 Å². The Labute approximate surface area is 114 Å². The summed E-state index contributed by atoms with van der Waals surface area (Å²) in [6.45, 7) is 6.61. The zero-order chi connectivity index (χ0) is 14.3. The van der Waals surface area contributed by atoms with E-state index >= 15 is 0 Å². The molecule has 0 aliphatic rings. The van der Waals surface area contributed by atoms with E-state index in [1.165, 1.54) is 0 Å². The van der Waals surface area contributed by atoms with Gasteiger partial charge in [0.05, 0.1) is 19.1 Å². The maximum Gasteiger partial charge on any atom is 0.307 e. The summed E-state index contributed by atoms with van der Waals surface area (Å²) in [5.41, 5.74) is 7.26. The highest BCUT2D eigenvalue weighted by atomic mass is 16.5. The molecule has 0 saturated heterocycles. The van der Waals surface area contributed by atoms with Crippen molar-refractivity contribution < 1.29 is 14.3 Å². The molecular formula is C14H22N2O3. The van der Waals surface area contributed by atoms with Crippen molar-refractivity contribution in [2.75, 3.05) is 24.2 Å². The quantitative estimate of drug-likeness (QED) is 0.585. The molecular weight excluding hydrogens is 244 g/mol. The van der Waals surface area contributed by atoms with E-state index in [-0.39, 0.29) is 12.1 Å². The molecule has 0 spiro atoms. The van der Waals surface area contributed by atoms with Gasteiger partial charge in [0.15, 0.2) is 0 Å². The van der Waals surface area contributed by atoms with Gasteiger partial charge in [-0.25, -0.2) is 0 Å². The molecule has 0 aromatic heterocycles. The topological polar surface area (TPSA) is 73.6 Å². The fourth-order valence-electron chi connectivity index (χ4n) is 1.61. The Hall–Kier alpha value is -1.91. The fraction of sp³-hybridized carbons (Fsp3) is 0.500. The van der Waals surface area contributed by atoms with Gasteiger partial charge < -0.3 is 20.5 Å². The van der Waals surface area contributed by atoms with Crippen LogP contribution in [0, 0.1) is 0 Å². The van der Waals surface area contributed by atoms with Gasteiger partial charge in [-0.2, -0.15) is 0 Å². The molecule has 0 saturated carbocycles. The molecule has 0 aliphatic heterocycles. The molecule has 5 heteroatoms. The summed E-state index contributed by atoms with van der Waals surface area (Å²) in [7, 11) is 0. The van der Waals surface area contributed by atoms with Crippen LogP contribution in [0.15, 0.2) is 18.2 Å². The number of hydrogen-bond acceptors (Lipinski definition) is 5. The molecule has 0 unspecified atom stereocenters. The number of anilines is 2. The Morgan fingerprint density at radius 1 is 1.37 bits per heavy atom. The number of carbonyl (C=O) groups is 1. The second-order valence-corrected chi connectivity index (χ2v) is 4.44. The molecule has 1 aromatic carbocycles. The number of carbonyl (C=O) groups excluding carboxylic acids is 1. The van der Waals surface area contributed by atoms with Crippen molar-refractivity contribution >= 4 is 17.3 Å². The van der Waals surface area contributed by atoms with Gasteiger partial charge in [-0.15, -0.1) is 0 Å². The van der Waals surface area contributed by atoms with Gasteiger partial charge in [-0.1, -0.05) is 0 Å². The largest absolute Gasteiger partial charge is 0.491 e. The monoisotopic (exact) mass is 266 g/mol. The van der Waals surface area contributed by atoms with Gasteiger partial charge >= 0.3 is 5.97 Å². The van der Waals surface area contributed by atoms with Crippen molar-refractivity contribution in [1.82, 2.24) is 0 Å². The number of esters is 1. The Balaban J connectivity index is 2.53. The van der Waals surface area contributed by atoms with Crippen LogP contribution >= 0.6 is 0 Å². The third-order valence-electron chi connectivity index (χ3n) is 2.26. The summed E-state index contributed by atoms with van der Waals surface area (Å²) in [5.74, 6) is 0.506. The summed E-state index contributed by atoms with van der Waals surface area (Å²) in [4.78, 5) is 11.2. The second-order valence-electron chi connectivity index (χ2n) is 4.44. The van der Waals surface area contributed by atoms with Gasteiger partial charge in [-0.3, -0.25) is 4.79 Å². The minimum Gasteiger partial charge on any atom is -0.491 e.